The number of hydrogen-bond acceptors (Lipinski definition) is 2. The average molecular weight is 310 g/mol. The zero-order chi connectivity index (χ0) is 15.2. The van der Waals surface area contributed by atoms with E-state index < -0.39 is 16.0 Å². The van der Waals surface area contributed by atoms with Crippen molar-refractivity contribution in [1.29, 1.82) is 0 Å². The Labute approximate surface area is 125 Å². The predicted octanol–water partition coefficient (Wildman–Crippen LogP) is 3.45. The Morgan fingerprint density at radius 1 is 0.952 bits per heavy atom. The molecule has 5 heteroatoms. The molecule has 112 valence electrons. The van der Waals surface area contributed by atoms with Gasteiger partial charge in [0.15, 0.2) is 0 Å². The molecule has 0 aliphatic carbocycles. The molecule has 0 aliphatic rings. The summed E-state index contributed by atoms with van der Waals surface area (Å²) in [5.74, 6) is -0.339. The molecule has 0 bridgehead atoms. The van der Waals surface area contributed by atoms with Crippen molar-refractivity contribution < 1.29 is 17.7 Å². The largest absolute Gasteiger partial charge is 0.384 e. The normalized spacial score (nSPS) is 12.6. The fraction of sp³-hybridized carbons (Fsp3) is 0.250. The maximum Gasteiger partial charge on any atom is 0.123 e. The molecule has 2 nitrogen and oxygen atoms in total. The van der Waals surface area contributed by atoms with Crippen LogP contribution < -0.4 is 0 Å². The molecule has 0 unspecified atom stereocenters. The molecule has 0 aromatic heterocycles. The van der Waals surface area contributed by atoms with E-state index in [-0.39, 0.29) is 11.6 Å². The number of rotatable bonds is 6. The third kappa shape index (κ3) is 4.19. The van der Waals surface area contributed by atoms with Crippen molar-refractivity contribution in [2.45, 2.75) is 5.25 Å². The number of benzene rings is 2. The van der Waals surface area contributed by atoms with Crippen molar-refractivity contribution in [2.24, 2.45) is 0 Å². The Kier molecular flexibility index (Phi) is 5.59. The number of ether oxygens (including phenoxy) is 1. The maximum atomic E-state index is 13.1. The van der Waals surface area contributed by atoms with Gasteiger partial charge < -0.3 is 4.74 Å². The van der Waals surface area contributed by atoms with Crippen LogP contribution in [0.15, 0.2) is 48.5 Å². The second-order valence-electron chi connectivity index (χ2n) is 4.56. The molecule has 0 radical (unpaired) electrons. The van der Waals surface area contributed by atoms with E-state index in [4.69, 9.17) is 4.74 Å². The quantitative estimate of drug-likeness (QED) is 0.817. The molecule has 0 fully saturated rings. The Bertz CT molecular complexity index is 551. The van der Waals surface area contributed by atoms with Crippen LogP contribution in [0.1, 0.15) is 16.4 Å². The van der Waals surface area contributed by atoms with Crippen molar-refractivity contribution in [2.75, 3.05) is 19.5 Å². The molecular formula is C16H16F2O2S. The van der Waals surface area contributed by atoms with Gasteiger partial charge >= 0.3 is 0 Å². The first kappa shape index (κ1) is 15.8. The molecule has 2 aromatic carbocycles. The molecule has 2 aromatic rings. The third-order valence-corrected chi connectivity index (χ3v) is 4.74. The van der Waals surface area contributed by atoms with E-state index in [2.05, 4.69) is 0 Å². The van der Waals surface area contributed by atoms with Crippen LogP contribution in [0.4, 0.5) is 8.78 Å². The van der Waals surface area contributed by atoms with Crippen molar-refractivity contribution in [3.63, 3.8) is 0 Å². The van der Waals surface area contributed by atoms with Crippen LogP contribution in [0, 0.1) is 11.6 Å². The second kappa shape index (κ2) is 7.43. The number of halogens is 2. The number of hydrogen-bond donors (Lipinski definition) is 0. The molecule has 0 heterocycles. The van der Waals surface area contributed by atoms with Gasteiger partial charge in [-0.3, -0.25) is 4.21 Å². The lowest BCUT2D eigenvalue weighted by molar-refractivity contribution is 0.218. The van der Waals surface area contributed by atoms with Gasteiger partial charge in [0, 0.05) is 23.7 Å². The van der Waals surface area contributed by atoms with E-state index in [0.29, 0.717) is 12.4 Å². The first-order valence-electron chi connectivity index (χ1n) is 6.49. The van der Waals surface area contributed by atoms with E-state index >= 15 is 0 Å². The molecule has 0 N–H and O–H groups in total. The van der Waals surface area contributed by atoms with Crippen LogP contribution in [0.25, 0.3) is 0 Å². The van der Waals surface area contributed by atoms with Gasteiger partial charge in [-0.2, -0.15) is 0 Å². The first-order chi connectivity index (χ1) is 10.1. The molecule has 0 amide bonds. The van der Waals surface area contributed by atoms with E-state index in [1.165, 1.54) is 24.3 Å². The Morgan fingerprint density at radius 2 is 1.38 bits per heavy atom. The highest BCUT2D eigenvalue weighted by Crippen LogP contribution is 2.28. The van der Waals surface area contributed by atoms with Gasteiger partial charge in [-0.15, -0.1) is 0 Å². The van der Waals surface area contributed by atoms with Crippen LogP contribution >= 0.6 is 0 Å². The fourth-order valence-corrected chi connectivity index (χ4v) is 3.54. The molecule has 0 saturated heterocycles. The zero-order valence-corrected chi connectivity index (χ0v) is 12.4. The molecular weight excluding hydrogens is 294 g/mol. The second-order valence-corrected chi connectivity index (χ2v) is 6.20. The van der Waals surface area contributed by atoms with Crippen LogP contribution in [-0.4, -0.2) is 23.7 Å². The monoisotopic (exact) mass is 310 g/mol. The summed E-state index contributed by atoms with van der Waals surface area (Å²) in [6.45, 7) is 0.367. The van der Waals surface area contributed by atoms with E-state index in [1.54, 1.807) is 31.4 Å². The molecule has 0 saturated carbocycles. The summed E-state index contributed by atoms with van der Waals surface area (Å²) in [5, 5.41) is -0.429. The van der Waals surface area contributed by atoms with Gasteiger partial charge in [0.2, 0.25) is 0 Å². The lowest BCUT2D eigenvalue weighted by atomic mass is 10.0. The smallest absolute Gasteiger partial charge is 0.123 e. The minimum absolute atomic E-state index is 0.348. The van der Waals surface area contributed by atoms with Gasteiger partial charge in [-0.25, -0.2) is 8.78 Å². The van der Waals surface area contributed by atoms with Gasteiger partial charge in [-0.05, 0) is 35.4 Å². The molecule has 0 spiro atoms. The van der Waals surface area contributed by atoms with Crippen molar-refractivity contribution >= 4 is 10.8 Å². The third-order valence-electron chi connectivity index (χ3n) is 3.10. The van der Waals surface area contributed by atoms with Crippen molar-refractivity contribution in [3.8, 4) is 0 Å². The summed E-state index contributed by atoms with van der Waals surface area (Å²) in [4.78, 5) is 0. The van der Waals surface area contributed by atoms with Crippen LogP contribution in [0.2, 0.25) is 0 Å². The standard InChI is InChI=1S/C16H16F2O2S/c1-20-10-11-21(19)16(12-2-6-14(17)7-3-12)13-4-8-15(18)9-5-13/h2-9,16H,10-11H2,1H3/t21-/m0/s1. The van der Waals surface area contributed by atoms with Gasteiger partial charge in [-0.1, -0.05) is 24.3 Å². The van der Waals surface area contributed by atoms with Crippen molar-refractivity contribution in [3.05, 3.63) is 71.3 Å². The first-order valence-corrected chi connectivity index (χ1v) is 7.87. The maximum absolute atomic E-state index is 13.1. The summed E-state index contributed by atoms with van der Waals surface area (Å²) in [6, 6.07) is 11.8. The van der Waals surface area contributed by atoms with E-state index in [0.717, 1.165) is 11.1 Å². The van der Waals surface area contributed by atoms with E-state index in [1.807, 2.05) is 0 Å². The van der Waals surface area contributed by atoms with Gasteiger partial charge in [0.1, 0.15) is 11.6 Å². The average Bonchev–Trinajstić information content (AvgIpc) is 2.49. The Balaban J connectivity index is 2.36. The zero-order valence-electron chi connectivity index (χ0n) is 11.6. The van der Waals surface area contributed by atoms with Crippen LogP contribution in [-0.2, 0) is 15.5 Å². The Morgan fingerprint density at radius 3 is 1.76 bits per heavy atom. The van der Waals surface area contributed by atoms with Crippen LogP contribution in [0.3, 0.4) is 0 Å². The predicted molar refractivity (Wildman–Crippen MR) is 79.5 cm³/mol. The SMILES string of the molecule is COCC[S@](=O)C(c1ccc(F)cc1)c1ccc(F)cc1. The summed E-state index contributed by atoms with van der Waals surface area (Å²) >= 11 is 0. The Hall–Kier alpha value is -1.59. The lowest BCUT2D eigenvalue weighted by Crippen LogP contribution is -2.14. The number of methoxy groups -OCH3 is 1. The highest BCUT2D eigenvalue weighted by molar-refractivity contribution is 7.85. The summed E-state index contributed by atoms with van der Waals surface area (Å²) < 4.78 is 43.6. The van der Waals surface area contributed by atoms with Crippen LogP contribution in [0.5, 0.6) is 0 Å². The lowest BCUT2D eigenvalue weighted by Gasteiger charge is -2.17. The minimum Gasteiger partial charge on any atom is -0.384 e. The highest BCUT2D eigenvalue weighted by Gasteiger charge is 2.21. The summed E-state index contributed by atoms with van der Waals surface area (Å²) in [7, 11) is 0.301. The van der Waals surface area contributed by atoms with Crippen molar-refractivity contribution in [1.82, 2.24) is 0 Å². The molecule has 21 heavy (non-hydrogen) atoms. The van der Waals surface area contributed by atoms with E-state index in [9.17, 15) is 13.0 Å². The highest BCUT2D eigenvalue weighted by atomic mass is 32.2. The van der Waals surface area contributed by atoms with Gasteiger partial charge in [0.25, 0.3) is 0 Å². The molecule has 0 aliphatic heterocycles. The minimum atomic E-state index is -1.24. The molecule has 2 rings (SSSR count). The van der Waals surface area contributed by atoms with Gasteiger partial charge in [0.05, 0.1) is 11.9 Å². The molecule has 1 atom stereocenters. The fourth-order valence-electron chi connectivity index (χ4n) is 2.05. The summed E-state index contributed by atoms with van der Waals surface area (Å²) in [5.41, 5.74) is 1.47. The topological polar surface area (TPSA) is 26.3 Å². The summed E-state index contributed by atoms with van der Waals surface area (Å²) in [6.07, 6.45) is 0.